The minimum atomic E-state index is -4.86. The Hall–Kier alpha value is -1.27. The van der Waals surface area contributed by atoms with Crippen molar-refractivity contribution >= 4 is 11.9 Å². The zero-order valence-corrected chi connectivity index (χ0v) is 7.67. The van der Waals surface area contributed by atoms with Crippen LogP contribution < -0.4 is 5.32 Å². The molecule has 1 amide bonds. The summed E-state index contributed by atoms with van der Waals surface area (Å²) in [5.41, 5.74) is 0. The van der Waals surface area contributed by atoms with Gasteiger partial charge in [0.1, 0.15) is 0 Å². The zero-order valence-electron chi connectivity index (χ0n) is 7.67. The van der Waals surface area contributed by atoms with Crippen molar-refractivity contribution in [1.82, 2.24) is 5.32 Å². The second-order valence-electron chi connectivity index (χ2n) is 3.56. The second-order valence-corrected chi connectivity index (χ2v) is 3.56. The summed E-state index contributed by atoms with van der Waals surface area (Å²) < 4.78 is 35.2. The molecule has 1 aliphatic carbocycles. The Morgan fingerprint density at radius 2 is 1.93 bits per heavy atom. The van der Waals surface area contributed by atoms with Crippen molar-refractivity contribution in [3.8, 4) is 0 Å². The van der Waals surface area contributed by atoms with Gasteiger partial charge < -0.3 is 10.4 Å². The molecule has 0 aromatic carbocycles. The number of carboxylic acid groups (broad SMARTS) is 1. The average molecular weight is 225 g/mol. The zero-order chi connectivity index (χ0) is 11.6. The third-order valence-electron chi connectivity index (χ3n) is 2.29. The van der Waals surface area contributed by atoms with E-state index < -0.39 is 18.1 Å². The van der Waals surface area contributed by atoms with Gasteiger partial charge in [0.15, 0.2) is 0 Å². The smallest absolute Gasteiger partial charge is 0.471 e. The van der Waals surface area contributed by atoms with Gasteiger partial charge >= 0.3 is 18.1 Å². The third-order valence-corrected chi connectivity index (χ3v) is 2.29. The predicted molar refractivity (Wildman–Crippen MR) is 42.9 cm³/mol. The van der Waals surface area contributed by atoms with Gasteiger partial charge in [-0.15, -0.1) is 0 Å². The van der Waals surface area contributed by atoms with Crippen LogP contribution in [-0.4, -0.2) is 29.7 Å². The van der Waals surface area contributed by atoms with Crippen LogP contribution in [0.4, 0.5) is 13.2 Å². The van der Waals surface area contributed by atoms with E-state index in [-0.39, 0.29) is 24.8 Å². The molecule has 0 heterocycles. The molecule has 2 N–H and O–H groups in total. The molecule has 0 aliphatic heterocycles. The van der Waals surface area contributed by atoms with Crippen molar-refractivity contribution in [3.05, 3.63) is 0 Å². The Bertz CT molecular complexity index is 277. The lowest BCUT2D eigenvalue weighted by Gasteiger charge is -2.06. The van der Waals surface area contributed by atoms with E-state index in [0.29, 0.717) is 6.42 Å². The van der Waals surface area contributed by atoms with E-state index in [4.69, 9.17) is 5.11 Å². The summed E-state index contributed by atoms with van der Waals surface area (Å²) in [4.78, 5) is 20.6. The molecule has 1 saturated carbocycles. The Morgan fingerprint density at radius 1 is 1.33 bits per heavy atom. The fraction of sp³-hybridized carbons (Fsp3) is 0.750. The summed E-state index contributed by atoms with van der Waals surface area (Å²) in [5.74, 6) is -3.17. The van der Waals surface area contributed by atoms with Gasteiger partial charge in [0.25, 0.3) is 0 Å². The Morgan fingerprint density at radius 3 is 2.40 bits per heavy atom. The molecule has 7 heteroatoms. The number of carbonyl (C=O) groups excluding carboxylic acids is 1. The van der Waals surface area contributed by atoms with E-state index in [1.165, 1.54) is 0 Å². The molecular formula is C8H10F3NO3. The minimum absolute atomic E-state index is 0.0491. The first kappa shape index (κ1) is 11.8. The van der Waals surface area contributed by atoms with Crippen molar-refractivity contribution in [2.75, 3.05) is 6.54 Å². The molecule has 1 rings (SSSR count). The summed E-state index contributed by atoms with van der Waals surface area (Å²) >= 11 is 0. The van der Waals surface area contributed by atoms with E-state index in [9.17, 15) is 22.8 Å². The number of hydrogen-bond donors (Lipinski definition) is 2. The topological polar surface area (TPSA) is 66.4 Å². The van der Waals surface area contributed by atoms with Crippen LogP contribution in [-0.2, 0) is 9.59 Å². The number of alkyl halides is 3. The van der Waals surface area contributed by atoms with Crippen LogP contribution in [0.25, 0.3) is 0 Å². The molecule has 4 nitrogen and oxygen atoms in total. The number of rotatable bonds is 4. The van der Waals surface area contributed by atoms with Gasteiger partial charge in [-0.25, -0.2) is 0 Å². The lowest BCUT2D eigenvalue weighted by Crippen LogP contribution is -2.38. The first-order valence-corrected chi connectivity index (χ1v) is 4.37. The van der Waals surface area contributed by atoms with Crippen LogP contribution in [0.1, 0.15) is 12.8 Å². The number of nitrogens with one attached hydrogen (secondary N) is 1. The SMILES string of the molecule is O=C(O)C[C@@H]1C[C@H]1CNC(=O)C(F)(F)F. The highest BCUT2D eigenvalue weighted by Crippen LogP contribution is 2.40. The molecule has 0 aromatic rings. The van der Waals surface area contributed by atoms with Crippen molar-refractivity contribution in [2.24, 2.45) is 11.8 Å². The first-order valence-electron chi connectivity index (χ1n) is 4.37. The molecule has 0 bridgehead atoms. The van der Waals surface area contributed by atoms with E-state index in [0.717, 1.165) is 0 Å². The fourth-order valence-corrected chi connectivity index (χ4v) is 1.36. The summed E-state index contributed by atoms with van der Waals surface area (Å²) in [6, 6.07) is 0. The quantitative estimate of drug-likeness (QED) is 0.742. The van der Waals surface area contributed by atoms with Gasteiger partial charge in [0.05, 0.1) is 0 Å². The lowest BCUT2D eigenvalue weighted by molar-refractivity contribution is -0.173. The second kappa shape index (κ2) is 4.08. The largest absolute Gasteiger partial charge is 0.481 e. The molecular weight excluding hydrogens is 215 g/mol. The van der Waals surface area contributed by atoms with Gasteiger partial charge in [-0.05, 0) is 18.3 Å². The first-order chi connectivity index (χ1) is 6.80. The van der Waals surface area contributed by atoms with E-state index in [2.05, 4.69) is 0 Å². The minimum Gasteiger partial charge on any atom is -0.481 e. The summed E-state index contributed by atoms with van der Waals surface area (Å²) in [5, 5.41) is 10.1. The molecule has 0 saturated heterocycles. The number of halogens is 3. The van der Waals surface area contributed by atoms with Gasteiger partial charge in [-0.1, -0.05) is 0 Å². The maximum Gasteiger partial charge on any atom is 0.471 e. The number of amides is 1. The predicted octanol–water partition coefficient (Wildman–Crippen LogP) is 0.776. The standard InChI is InChI=1S/C8H10F3NO3/c9-8(10,11)7(15)12-3-5-1-4(5)2-6(13)14/h4-5H,1-3H2,(H,12,15)(H,13,14)/t4-,5-/m0/s1. The van der Waals surface area contributed by atoms with Crippen molar-refractivity contribution in [3.63, 3.8) is 0 Å². The normalized spacial score (nSPS) is 24.7. The summed E-state index contributed by atoms with van der Waals surface area (Å²) in [7, 11) is 0. The number of carbonyl (C=O) groups is 2. The number of hydrogen-bond acceptors (Lipinski definition) is 2. The van der Waals surface area contributed by atoms with Crippen LogP contribution in [0.15, 0.2) is 0 Å². The van der Waals surface area contributed by atoms with Crippen LogP contribution in [0.5, 0.6) is 0 Å². The molecule has 86 valence electrons. The third kappa shape index (κ3) is 3.77. The molecule has 0 aromatic heterocycles. The maximum absolute atomic E-state index is 11.7. The van der Waals surface area contributed by atoms with Crippen molar-refractivity contribution in [1.29, 1.82) is 0 Å². The van der Waals surface area contributed by atoms with Crippen LogP contribution in [0.2, 0.25) is 0 Å². The Kier molecular flexibility index (Phi) is 3.21. The van der Waals surface area contributed by atoms with Crippen LogP contribution >= 0.6 is 0 Å². The fourth-order valence-electron chi connectivity index (χ4n) is 1.36. The van der Waals surface area contributed by atoms with E-state index >= 15 is 0 Å². The molecule has 0 spiro atoms. The molecule has 2 atom stereocenters. The van der Waals surface area contributed by atoms with Crippen molar-refractivity contribution < 1.29 is 27.9 Å². The van der Waals surface area contributed by atoms with Crippen LogP contribution in [0, 0.1) is 11.8 Å². The van der Waals surface area contributed by atoms with Gasteiger partial charge in [0.2, 0.25) is 0 Å². The van der Waals surface area contributed by atoms with Gasteiger partial charge in [0, 0.05) is 13.0 Å². The monoisotopic (exact) mass is 225 g/mol. The molecule has 0 radical (unpaired) electrons. The molecule has 1 fully saturated rings. The summed E-state index contributed by atoms with van der Waals surface area (Å²) in [6.07, 6.45) is -4.35. The molecule has 0 unspecified atom stereocenters. The molecule has 1 aliphatic rings. The van der Waals surface area contributed by atoms with Gasteiger partial charge in [-0.3, -0.25) is 9.59 Å². The lowest BCUT2D eigenvalue weighted by atomic mass is 10.2. The Balaban J connectivity index is 2.19. The Labute approximate surface area is 83.5 Å². The highest BCUT2D eigenvalue weighted by molar-refractivity contribution is 5.81. The maximum atomic E-state index is 11.7. The highest BCUT2D eigenvalue weighted by atomic mass is 19.4. The van der Waals surface area contributed by atoms with Crippen LogP contribution in [0.3, 0.4) is 0 Å². The average Bonchev–Trinajstić information content (AvgIpc) is 2.76. The van der Waals surface area contributed by atoms with Gasteiger partial charge in [-0.2, -0.15) is 13.2 Å². The molecule has 15 heavy (non-hydrogen) atoms. The summed E-state index contributed by atoms with van der Waals surface area (Å²) in [6.45, 7) is -0.101. The van der Waals surface area contributed by atoms with E-state index in [1.807, 2.05) is 0 Å². The van der Waals surface area contributed by atoms with E-state index in [1.54, 1.807) is 5.32 Å². The number of aliphatic carboxylic acids is 1. The van der Waals surface area contributed by atoms with Crippen molar-refractivity contribution in [2.45, 2.75) is 19.0 Å². The highest BCUT2D eigenvalue weighted by Gasteiger charge is 2.42. The number of carboxylic acids is 1.